The minimum Gasteiger partial charge on any atom is -0.342 e. The van der Waals surface area contributed by atoms with Crippen LogP contribution in [0, 0.1) is 0 Å². The first kappa shape index (κ1) is 11.5. The number of hydrogen-bond donors (Lipinski definition) is 2. The van der Waals surface area contributed by atoms with Crippen molar-refractivity contribution in [3.63, 3.8) is 0 Å². The number of rotatable bonds is 3. The van der Waals surface area contributed by atoms with E-state index in [2.05, 4.69) is 9.97 Å². The van der Waals surface area contributed by atoms with Crippen molar-refractivity contribution in [2.24, 2.45) is 5.73 Å². The van der Waals surface area contributed by atoms with Gasteiger partial charge in [0.2, 0.25) is 0 Å². The third kappa shape index (κ3) is 2.38. The number of benzene rings is 1. The third-order valence-corrected chi connectivity index (χ3v) is 2.97. The zero-order valence-corrected chi connectivity index (χ0v) is 10.0. The Hall–Kier alpha value is -1.03. The van der Waals surface area contributed by atoms with Crippen molar-refractivity contribution in [2.75, 3.05) is 6.54 Å². The van der Waals surface area contributed by atoms with Crippen LogP contribution in [-0.2, 0) is 6.42 Å². The molecule has 0 aliphatic rings. The zero-order chi connectivity index (χ0) is 11.5. The van der Waals surface area contributed by atoms with Crippen molar-refractivity contribution in [3.05, 3.63) is 40.1 Å². The zero-order valence-electron chi connectivity index (χ0n) is 8.50. The summed E-state index contributed by atoms with van der Waals surface area (Å²) in [5.74, 6) is 0.780. The van der Waals surface area contributed by atoms with Gasteiger partial charge in [-0.3, -0.25) is 0 Å². The molecule has 84 valence electrons. The molecule has 0 spiro atoms. The second-order valence-corrected chi connectivity index (χ2v) is 4.24. The third-order valence-electron chi connectivity index (χ3n) is 2.24. The van der Waals surface area contributed by atoms with Gasteiger partial charge < -0.3 is 10.7 Å². The minimum absolute atomic E-state index is 0.524. The standard InChI is InChI=1S/C11H11Cl2N3/c12-9-2-1-7(5-10(9)13)11-15-6-8(16-11)3-4-14/h1-2,5-6H,3-4,14H2,(H,15,16). The second kappa shape index (κ2) is 4.87. The predicted octanol–water partition coefficient (Wildman–Crippen LogP) is 2.88. The lowest BCUT2D eigenvalue weighted by atomic mass is 10.2. The van der Waals surface area contributed by atoms with Gasteiger partial charge in [-0.05, 0) is 24.7 Å². The molecule has 3 nitrogen and oxygen atoms in total. The number of H-pyrrole nitrogens is 1. The molecule has 0 aliphatic heterocycles. The number of nitrogens with two attached hydrogens (primary N) is 1. The summed E-state index contributed by atoms with van der Waals surface area (Å²) >= 11 is 11.8. The van der Waals surface area contributed by atoms with Crippen LogP contribution < -0.4 is 5.73 Å². The summed E-state index contributed by atoms with van der Waals surface area (Å²) in [6.45, 7) is 0.600. The molecule has 5 heteroatoms. The molecule has 0 fully saturated rings. The van der Waals surface area contributed by atoms with Crippen LogP contribution in [0.15, 0.2) is 24.4 Å². The molecule has 1 aromatic heterocycles. The van der Waals surface area contributed by atoms with Crippen molar-refractivity contribution in [1.29, 1.82) is 0 Å². The summed E-state index contributed by atoms with van der Waals surface area (Å²) in [7, 11) is 0. The summed E-state index contributed by atoms with van der Waals surface area (Å²) in [6, 6.07) is 5.42. The van der Waals surface area contributed by atoms with Gasteiger partial charge in [-0.1, -0.05) is 23.2 Å². The van der Waals surface area contributed by atoms with Gasteiger partial charge >= 0.3 is 0 Å². The highest BCUT2D eigenvalue weighted by atomic mass is 35.5. The average molecular weight is 256 g/mol. The lowest BCUT2D eigenvalue weighted by Gasteiger charge is -1.99. The quantitative estimate of drug-likeness (QED) is 0.887. The van der Waals surface area contributed by atoms with Crippen LogP contribution in [0.25, 0.3) is 11.4 Å². The van der Waals surface area contributed by atoms with Gasteiger partial charge in [0.1, 0.15) is 5.82 Å². The highest BCUT2D eigenvalue weighted by molar-refractivity contribution is 6.42. The molecule has 0 unspecified atom stereocenters. The van der Waals surface area contributed by atoms with Crippen LogP contribution in [-0.4, -0.2) is 16.5 Å². The monoisotopic (exact) mass is 255 g/mol. The first-order valence-corrected chi connectivity index (χ1v) is 5.65. The van der Waals surface area contributed by atoms with Gasteiger partial charge in [0, 0.05) is 23.9 Å². The number of nitrogens with one attached hydrogen (secondary N) is 1. The van der Waals surface area contributed by atoms with Gasteiger partial charge in [0.25, 0.3) is 0 Å². The van der Waals surface area contributed by atoms with E-state index in [0.717, 1.165) is 23.5 Å². The molecule has 0 amide bonds. The van der Waals surface area contributed by atoms with Crippen molar-refractivity contribution >= 4 is 23.2 Å². The van der Waals surface area contributed by atoms with Crippen molar-refractivity contribution in [1.82, 2.24) is 9.97 Å². The maximum absolute atomic E-state index is 5.94. The molecule has 0 aliphatic carbocycles. The fraction of sp³-hybridized carbons (Fsp3) is 0.182. The molecule has 0 atom stereocenters. The van der Waals surface area contributed by atoms with E-state index in [1.807, 2.05) is 6.07 Å². The Balaban J connectivity index is 2.31. The molecule has 2 rings (SSSR count). The van der Waals surface area contributed by atoms with E-state index >= 15 is 0 Å². The molecule has 16 heavy (non-hydrogen) atoms. The smallest absolute Gasteiger partial charge is 0.137 e. The maximum atomic E-state index is 5.94. The molecular weight excluding hydrogens is 245 g/mol. The Morgan fingerprint density at radius 2 is 2.06 bits per heavy atom. The average Bonchev–Trinajstić information content (AvgIpc) is 2.71. The highest BCUT2D eigenvalue weighted by Crippen LogP contribution is 2.26. The summed E-state index contributed by atoms with van der Waals surface area (Å²) in [4.78, 5) is 7.45. The highest BCUT2D eigenvalue weighted by Gasteiger charge is 2.05. The first-order chi connectivity index (χ1) is 7.70. The van der Waals surface area contributed by atoms with Crippen molar-refractivity contribution < 1.29 is 0 Å². The number of halogens is 2. The molecule has 2 aromatic rings. The Morgan fingerprint density at radius 1 is 1.25 bits per heavy atom. The van der Waals surface area contributed by atoms with Crippen LogP contribution in [0.3, 0.4) is 0 Å². The molecule has 0 saturated heterocycles. The summed E-state index contributed by atoms with van der Waals surface area (Å²) in [6.07, 6.45) is 2.57. The number of hydrogen-bond acceptors (Lipinski definition) is 2. The number of nitrogens with zero attached hydrogens (tertiary/aromatic N) is 1. The van der Waals surface area contributed by atoms with Crippen LogP contribution >= 0.6 is 23.2 Å². The maximum Gasteiger partial charge on any atom is 0.137 e. The molecule has 0 saturated carbocycles. The van der Waals surface area contributed by atoms with E-state index in [9.17, 15) is 0 Å². The number of aromatic amines is 1. The summed E-state index contributed by atoms with van der Waals surface area (Å²) < 4.78 is 0. The molecule has 1 heterocycles. The molecular formula is C11H11Cl2N3. The molecule has 0 radical (unpaired) electrons. The van der Waals surface area contributed by atoms with Crippen LogP contribution in [0.2, 0.25) is 10.0 Å². The largest absolute Gasteiger partial charge is 0.342 e. The first-order valence-electron chi connectivity index (χ1n) is 4.90. The normalized spacial score (nSPS) is 10.7. The number of imidazole rings is 1. The Kier molecular flexibility index (Phi) is 3.49. The Bertz CT molecular complexity index is 494. The van der Waals surface area contributed by atoms with Crippen LogP contribution in [0.5, 0.6) is 0 Å². The number of aromatic nitrogens is 2. The van der Waals surface area contributed by atoms with E-state index in [4.69, 9.17) is 28.9 Å². The Morgan fingerprint density at radius 3 is 2.75 bits per heavy atom. The molecule has 1 aromatic carbocycles. The summed E-state index contributed by atoms with van der Waals surface area (Å²) in [5, 5.41) is 1.06. The fourth-order valence-corrected chi connectivity index (χ4v) is 1.73. The van der Waals surface area contributed by atoms with E-state index < -0.39 is 0 Å². The second-order valence-electron chi connectivity index (χ2n) is 3.42. The van der Waals surface area contributed by atoms with Crippen LogP contribution in [0.4, 0.5) is 0 Å². The van der Waals surface area contributed by atoms with Crippen molar-refractivity contribution in [3.8, 4) is 11.4 Å². The van der Waals surface area contributed by atoms with Gasteiger partial charge in [-0.2, -0.15) is 0 Å². The minimum atomic E-state index is 0.524. The van der Waals surface area contributed by atoms with Gasteiger partial charge in [-0.25, -0.2) is 4.98 Å². The van der Waals surface area contributed by atoms with E-state index in [0.29, 0.717) is 16.6 Å². The Labute approximate surface area is 104 Å². The van der Waals surface area contributed by atoms with Gasteiger partial charge in [0.15, 0.2) is 0 Å². The lowest BCUT2D eigenvalue weighted by molar-refractivity contribution is 0.936. The van der Waals surface area contributed by atoms with Gasteiger partial charge in [-0.15, -0.1) is 0 Å². The summed E-state index contributed by atoms with van der Waals surface area (Å²) in [5.41, 5.74) is 7.40. The SMILES string of the molecule is NCCc1cnc(-c2ccc(Cl)c(Cl)c2)[nH]1. The fourth-order valence-electron chi connectivity index (χ4n) is 1.43. The topological polar surface area (TPSA) is 54.7 Å². The predicted molar refractivity (Wildman–Crippen MR) is 66.8 cm³/mol. The van der Waals surface area contributed by atoms with Crippen LogP contribution in [0.1, 0.15) is 5.69 Å². The van der Waals surface area contributed by atoms with E-state index in [1.165, 1.54) is 0 Å². The molecule has 0 bridgehead atoms. The van der Waals surface area contributed by atoms with Crippen molar-refractivity contribution in [2.45, 2.75) is 6.42 Å². The lowest BCUT2D eigenvalue weighted by Crippen LogP contribution is -2.02. The van der Waals surface area contributed by atoms with E-state index in [-0.39, 0.29) is 0 Å². The van der Waals surface area contributed by atoms with E-state index in [1.54, 1.807) is 18.3 Å². The molecule has 3 N–H and O–H groups in total. The van der Waals surface area contributed by atoms with Gasteiger partial charge in [0.05, 0.1) is 10.0 Å².